The van der Waals surface area contributed by atoms with E-state index in [-0.39, 0.29) is 5.91 Å². The van der Waals surface area contributed by atoms with Crippen LogP contribution in [-0.2, 0) is 6.54 Å². The summed E-state index contributed by atoms with van der Waals surface area (Å²) in [6, 6.07) is 24.3. The number of hydrogen-bond donors (Lipinski definition) is 2. The monoisotopic (exact) mass is 403 g/mol. The molecule has 0 saturated heterocycles. The van der Waals surface area contributed by atoms with Gasteiger partial charge >= 0.3 is 0 Å². The van der Waals surface area contributed by atoms with E-state index in [1.165, 1.54) is 0 Å². The molecule has 0 aliphatic heterocycles. The topological polar surface area (TPSA) is 71.8 Å². The van der Waals surface area contributed by atoms with E-state index in [0.29, 0.717) is 17.1 Å². The Morgan fingerprint density at radius 3 is 2.41 bits per heavy atom. The van der Waals surface area contributed by atoms with Gasteiger partial charge in [0.2, 0.25) is 0 Å². The Kier molecular flexibility index (Phi) is 5.54. The fourth-order valence-electron chi connectivity index (χ4n) is 2.84. The van der Waals surface area contributed by atoms with Gasteiger partial charge in [0.25, 0.3) is 5.91 Å². The summed E-state index contributed by atoms with van der Waals surface area (Å²) in [5, 5.41) is 9.00. The lowest BCUT2D eigenvalue weighted by atomic mass is 10.1. The summed E-state index contributed by atoms with van der Waals surface area (Å²) in [4.78, 5) is 12.3. The summed E-state index contributed by atoms with van der Waals surface area (Å²) in [5.74, 6) is -0.206. The minimum atomic E-state index is -0.206. The maximum Gasteiger partial charge on any atom is 0.269 e. The lowest BCUT2D eigenvalue weighted by Crippen LogP contribution is -2.29. The third kappa shape index (κ3) is 4.62. The Morgan fingerprint density at radius 1 is 0.931 bits per heavy atom. The normalized spacial score (nSPS) is 10.5. The minimum Gasteiger partial charge on any atom is -0.298 e. The number of halogens is 1. The Bertz CT molecular complexity index is 1110. The summed E-state index contributed by atoms with van der Waals surface area (Å²) in [6.07, 6.45) is 1.85. The molecule has 29 heavy (non-hydrogen) atoms. The molecule has 2 N–H and O–H groups in total. The number of hydrazine groups is 1. The Labute approximate surface area is 173 Å². The maximum absolute atomic E-state index is 12.3. The molecule has 6 nitrogen and oxygen atoms in total. The zero-order valence-corrected chi connectivity index (χ0v) is 16.2. The molecule has 4 rings (SSSR count). The second-order valence-corrected chi connectivity index (χ2v) is 6.83. The van der Waals surface area contributed by atoms with E-state index in [1.807, 2.05) is 72.9 Å². The van der Waals surface area contributed by atoms with Gasteiger partial charge in [0.1, 0.15) is 5.69 Å². The molecule has 0 bridgehead atoms. The van der Waals surface area contributed by atoms with Crippen molar-refractivity contribution < 1.29 is 4.79 Å². The first-order valence-electron chi connectivity index (χ1n) is 9.04. The van der Waals surface area contributed by atoms with Gasteiger partial charge in [-0.2, -0.15) is 0 Å². The van der Waals surface area contributed by atoms with Crippen molar-refractivity contribution in [1.29, 1.82) is 0 Å². The number of amides is 1. The van der Waals surface area contributed by atoms with Gasteiger partial charge in [-0.1, -0.05) is 65.3 Å². The number of benzene rings is 3. The number of nitrogens with zero attached hydrogens (tertiary/aromatic N) is 3. The third-order valence-electron chi connectivity index (χ3n) is 4.34. The quantitative estimate of drug-likeness (QED) is 0.468. The van der Waals surface area contributed by atoms with E-state index in [4.69, 9.17) is 11.6 Å². The van der Waals surface area contributed by atoms with Gasteiger partial charge in [-0.3, -0.25) is 15.6 Å². The molecule has 0 saturated carbocycles. The molecule has 0 aliphatic rings. The Hall–Kier alpha value is -3.64. The highest BCUT2D eigenvalue weighted by atomic mass is 35.5. The number of carbonyl (C=O) groups is 1. The number of rotatable bonds is 6. The van der Waals surface area contributed by atoms with E-state index in [1.54, 1.807) is 16.8 Å². The van der Waals surface area contributed by atoms with Crippen LogP contribution >= 0.6 is 11.6 Å². The predicted molar refractivity (Wildman–Crippen MR) is 114 cm³/mol. The highest BCUT2D eigenvalue weighted by Crippen LogP contribution is 2.25. The minimum absolute atomic E-state index is 0.206. The average molecular weight is 404 g/mol. The summed E-state index contributed by atoms with van der Waals surface area (Å²) >= 11 is 6.22. The number of carbonyl (C=O) groups excluding carboxylic acids is 1. The molecule has 3 aromatic carbocycles. The number of para-hydroxylation sites is 1. The zero-order valence-electron chi connectivity index (χ0n) is 15.4. The van der Waals surface area contributed by atoms with Crippen molar-refractivity contribution in [2.24, 2.45) is 0 Å². The molecule has 0 spiro atoms. The Morgan fingerprint density at radius 2 is 1.66 bits per heavy atom. The predicted octanol–water partition coefficient (Wildman–Crippen LogP) is 4.40. The van der Waals surface area contributed by atoms with Crippen molar-refractivity contribution in [3.63, 3.8) is 0 Å². The molecular formula is C22H18ClN5O. The average Bonchev–Trinajstić information content (AvgIpc) is 3.22. The Balaban J connectivity index is 1.38. The molecule has 0 radical (unpaired) electrons. The van der Waals surface area contributed by atoms with Gasteiger partial charge in [-0.15, -0.1) is 5.10 Å². The number of hydrogen-bond acceptors (Lipinski definition) is 4. The maximum atomic E-state index is 12.3. The van der Waals surface area contributed by atoms with Crippen LogP contribution in [-0.4, -0.2) is 20.9 Å². The number of nitrogens with one attached hydrogen (secondary N) is 2. The molecular weight excluding hydrogens is 386 g/mol. The van der Waals surface area contributed by atoms with E-state index in [0.717, 1.165) is 22.5 Å². The first-order valence-corrected chi connectivity index (χ1v) is 9.42. The molecule has 0 aliphatic carbocycles. The van der Waals surface area contributed by atoms with Crippen LogP contribution in [0.5, 0.6) is 0 Å². The van der Waals surface area contributed by atoms with Crippen LogP contribution in [0.3, 0.4) is 0 Å². The molecule has 144 valence electrons. The van der Waals surface area contributed by atoms with Crippen LogP contribution in [0.15, 0.2) is 85.1 Å². The molecule has 1 aromatic heterocycles. The van der Waals surface area contributed by atoms with Crippen LogP contribution in [0.4, 0.5) is 5.69 Å². The molecule has 0 atom stereocenters. The highest BCUT2D eigenvalue weighted by molar-refractivity contribution is 6.33. The fourth-order valence-corrected chi connectivity index (χ4v) is 3.07. The summed E-state index contributed by atoms with van der Waals surface area (Å²) in [5.41, 5.74) is 9.52. The van der Waals surface area contributed by atoms with Crippen molar-refractivity contribution >= 4 is 23.2 Å². The summed E-state index contributed by atoms with van der Waals surface area (Å²) in [7, 11) is 0. The van der Waals surface area contributed by atoms with Gasteiger partial charge < -0.3 is 0 Å². The highest BCUT2D eigenvalue weighted by Gasteiger charge is 2.09. The van der Waals surface area contributed by atoms with Gasteiger partial charge in [0, 0.05) is 11.1 Å². The van der Waals surface area contributed by atoms with Crippen molar-refractivity contribution in [2.75, 3.05) is 5.43 Å². The van der Waals surface area contributed by atoms with Crippen LogP contribution in [0.25, 0.3) is 11.3 Å². The first kappa shape index (κ1) is 18.7. The number of aromatic nitrogens is 3. The molecule has 0 unspecified atom stereocenters. The summed E-state index contributed by atoms with van der Waals surface area (Å²) in [6.45, 7) is 0.543. The van der Waals surface area contributed by atoms with Crippen LogP contribution in [0.1, 0.15) is 15.9 Å². The number of anilines is 1. The van der Waals surface area contributed by atoms with Crippen molar-refractivity contribution in [1.82, 2.24) is 20.4 Å². The molecule has 1 heterocycles. The van der Waals surface area contributed by atoms with Gasteiger partial charge in [0.05, 0.1) is 23.5 Å². The first-order chi connectivity index (χ1) is 14.2. The van der Waals surface area contributed by atoms with Crippen molar-refractivity contribution in [2.45, 2.75) is 6.54 Å². The van der Waals surface area contributed by atoms with Crippen molar-refractivity contribution in [3.05, 3.63) is 101 Å². The van der Waals surface area contributed by atoms with Gasteiger partial charge in [0.15, 0.2) is 0 Å². The molecule has 7 heteroatoms. The van der Waals surface area contributed by atoms with Crippen molar-refractivity contribution in [3.8, 4) is 11.3 Å². The largest absolute Gasteiger partial charge is 0.298 e. The van der Waals surface area contributed by atoms with E-state index >= 15 is 0 Å². The smallest absolute Gasteiger partial charge is 0.269 e. The molecule has 0 fully saturated rings. The standard InChI is InChI=1S/C22H18ClN5O/c23-20-9-5-4-8-19(20)21-15-28(27-25-21)14-16-10-12-17(13-11-16)22(29)26-24-18-6-2-1-3-7-18/h1-13,15,24H,14H2,(H,26,29). The van der Waals surface area contributed by atoms with Crippen LogP contribution in [0, 0.1) is 0 Å². The lowest BCUT2D eigenvalue weighted by Gasteiger charge is -2.09. The van der Waals surface area contributed by atoms with E-state index in [9.17, 15) is 4.79 Å². The van der Waals surface area contributed by atoms with E-state index in [2.05, 4.69) is 21.2 Å². The SMILES string of the molecule is O=C(NNc1ccccc1)c1ccc(Cn2cc(-c3ccccc3Cl)nn2)cc1. The van der Waals surface area contributed by atoms with Crippen LogP contribution < -0.4 is 10.9 Å². The summed E-state index contributed by atoms with van der Waals surface area (Å²) < 4.78 is 1.74. The molecule has 4 aromatic rings. The second kappa shape index (κ2) is 8.58. The molecule has 1 amide bonds. The second-order valence-electron chi connectivity index (χ2n) is 6.42. The van der Waals surface area contributed by atoms with Gasteiger partial charge in [-0.05, 0) is 35.9 Å². The van der Waals surface area contributed by atoms with Crippen LogP contribution in [0.2, 0.25) is 5.02 Å². The van der Waals surface area contributed by atoms with E-state index < -0.39 is 0 Å². The fraction of sp³-hybridized carbons (Fsp3) is 0.0455. The lowest BCUT2D eigenvalue weighted by molar-refractivity contribution is 0.0962. The van der Waals surface area contributed by atoms with Gasteiger partial charge in [-0.25, -0.2) is 4.68 Å². The zero-order chi connectivity index (χ0) is 20.1. The third-order valence-corrected chi connectivity index (χ3v) is 4.67.